The molecule has 3 N–H and O–H groups in total. The van der Waals surface area contributed by atoms with E-state index in [2.05, 4.69) is 71.4 Å². The number of aromatic amines is 1. The number of tetrazole rings is 1. The van der Waals surface area contributed by atoms with Crippen LogP contribution in [0.15, 0.2) is 42.5 Å². The fraction of sp³-hybridized carbons (Fsp3) is 0.381. The van der Waals surface area contributed by atoms with Crippen molar-refractivity contribution in [1.82, 2.24) is 20.6 Å². The highest BCUT2D eigenvalue weighted by Gasteiger charge is 2.15. The molecule has 6 nitrogen and oxygen atoms in total. The van der Waals surface area contributed by atoms with Gasteiger partial charge in [0.1, 0.15) is 0 Å². The zero-order valence-corrected chi connectivity index (χ0v) is 16.5. The summed E-state index contributed by atoms with van der Waals surface area (Å²) in [5.74, 6) is 1.79. The van der Waals surface area contributed by atoms with Crippen molar-refractivity contribution in [2.75, 3.05) is 23.7 Å². The number of hydrogen-bond acceptors (Lipinski definition) is 5. The number of anilines is 2. The lowest BCUT2D eigenvalue weighted by Gasteiger charge is -2.30. The van der Waals surface area contributed by atoms with E-state index in [4.69, 9.17) is 5.73 Å². The molecule has 0 amide bonds. The molecule has 0 unspecified atom stereocenters. The minimum atomic E-state index is 0.572. The molecule has 0 saturated carbocycles. The highest BCUT2D eigenvalue weighted by Crippen LogP contribution is 2.34. The van der Waals surface area contributed by atoms with Crippen LogP contribution in [0, 0.1) is 11.8 Å². The number of nitrogens with zero attached hydrogens (tertiary/aromatic N) is 4. The molecule has 0 radical (unpaired) electrons. The number of nitrogens with two attached hydrogens (primary N) is 1. The number of nitrogens with one attached hydrogen (secondary N) is 1. The summed E-state index contributed by atoms with van der Waals surface area (Å²) in [6, 6.07) is 14.4. The molecule has 0 aliphatic rings. The molecule has 0 spiro atoms. The van der Waals surface area contributed by atoms with E-state index in [1.165, 1.54) is 0 Å². The van der Waals surface area contributed by atoms with Crippen molar-refractivity contribution in [2.45, 2.75) is 27.7 Å². The highest BCUT2D eigenvalue weighted by molar-refractivity contribution is 5.84. The minimum absolute atomic E-state index is 0.572. The SMILES string of the molecule is CC(C)CN(CC(C)C)c1ccc(-c2ccccc2-c2nnn[nH]2)cc1N. The lowest BCUT2D eigenvalue weighted by molar-refractivity contribution is 0.553. The minimum Gasteiger partial charge on any atom is -0.397 e. The Morgan fingerprint density at radius 1 is 0.963 bits per heavy atom. The van der Waals surface area contributed by atoms with Crippen LogP contribution in [0.3, 0.4) is 0 Å². The number of aromatic nitrogens is 4. The van der Waals surface area contributed by atoms with Crippen molar-refractivity contribution in [3.8, 4) is 22.5 Å². The van der Waals surface area contributed by atoms with Crippen LogP contribution >= 0.6 is 0 Å². The molecule has 3 aromatic rings. The van der Waals surface area contributed by atoms with Crippen LogP contribution in [0.5, 0.6) is 0 Å². The Bertz CT molecular complexity index is 860. The zero-order valence-electron chi connectivity index (χ0n) is 16.5. The standard InChI is InChI=1S/C21H28N6/c1-14(2)12-27(13-15(3)4)20-10-9-16(11-19(20)22)17-7-5-6-8-18(17)21-23-25-26-24-21/h5-11,14-15H,12-13,22H2,1-4H3,(H,23,24,25,26). The number of benzene rings is 2. The lowest BCUT2D eigenvalue weighted by Crippen LogP contribution is -2.31. The van der Waals surface area contributed by atoms with Gasteiger partial charge in [0.15, 0.2) is 5.82 Å². The Kier molecular flexibility index (Phi) is 5.74. The third kappa shape index (κ3) is 4.45. The average Bonchev–Trinajstić information content (AvgIpc) is 3.15. The number of nitrogen functional groups attached to an aromatic ring is 1. The van der Waals surface area contributed by atoms with Crippen LogP contribution in [-0.4, -0.2) is 33.7 Å². The van der Waals surface area contributed by atoms with Gasteiger partial charge in [0.05, 0.1) is 11.4 Å². The molecule has 0 atom stereocenters. The summed E-state index contributed by atoms with van der Waals surface area (Å²) in [4.78, 5) is 2.39. The van der Waals surface area contributed by atoms with Crippen LogP contribution in [0.25, 0.3) is 22.5 Å². The zero-order chi connectivity index (χ0) is 19.4. The Labute approximate surface area is 160 Å². The van der Waals surface area contributed by atoms with E-state index in [1.807, 2.05) is 24.3 Å². The van der Waals surface area contributed by atoms with Gasteiger partial charge in [-0.2, -0.15) is 0 Å². The summed E-state index contributed by atoms with van der Waals surface area (Å²) >= 11 is 0. The monoisotopic (exact) mass is 364 g/mol. The van der Waals surface area contributed by atoms with E-state index >= 15 is 0 Å². The predicted octanol–water partition coefficient (Wildman–Crippen LogP) is 4.23. The van der Waals surface area contributed by atoms with Crippen molar-refractivity contribution in [3.05, 3.63) is 42.5 Å². The highest BCUT2D eigenvalue weighted by atomic mass is 15.5. The quantitative estimate of drug-likeness (QED) is 0.613. The van der Waals surface area contributed by atoms with Crippen LogP contribution < -0.4 is 10.6 Å². The van der Waals surface area contributed by atoms with E-state index in [1.54, 1.807) is 0 Å². The summed E-state index contributed by atoms with van der Waals surface area (Å²) in [7, 11) is 0. The Balaban J connectivity index is 1.98. The molecule has 27 heavy (non-hydrogen) atoms. The van der Waals surface area contributed by atoms with Crippen LogP contribution in [0.2, 0.25) is 0 Å². The lowest BCUT2D eigenvalue weighted by atomic mass is 9.98. The molecule has 0 saturated heterocycles. The summed E-state index contributed by atoms with van der Waals surface area (Å²) in [6.45, 7) is 10.9. The van der Waals surface area contributed by atoms with E-state index in [0.717, 1.165) is 41.2 Å². The molecule has 1 aromatic heterocycles. The maximum absolute atomic E-state index is 6.49. The van der Waals surface area contributed by atoms with Gasteiger partial charge in [0.2, 0.25) is 0 Å². The molecule has 0 aliphatic heterocycles. The van der Waals surface area contributed by atoms with Crippen LogP contribution in [0.1, 0.15) is 27.7 Å². The van der Waals surface area contributed by atoms with Gasteiger partial charge in [0, 0.05) is 18.7 Å². The fourth-order valence-electron chi connectivity index (χ4n) is 3.38. The second kappa shape index (κ2) is 8.20. The summed E-state index contributed by atoms with van der Waals surface area (Å²) in [5.41, 5.74) is 11.4. The predicted molar refractivity (Wildman–Crippen MR) is 111 cm³/mol. The van der Waals surface area contributed by atoms with E-state index in [0.29, 0.717) is 17.7 Å². The van der Waals surface area contributed by atoms with Crippen molar-refractivity contribution < 1.29 is 0 Å². The van der Waals surface area contributed by atoms with Crippen molar-refractivity contribution in [2.24, 2.45) is 11.8 Å². The summed E-state index contributed by atoms with van der Waals surface area (Å²) in [5, 5.41) is 14.3. The fourth-order valence-corrected chi connectivity index (χ4v) is 3.38. The molecule has 3 rings (SSSR count). The van der Waals surface area contributed by atoms with Gasteiger partial charge in [0.25, 0.3) is 0 Å². The van der Waals surface area contributed by atoms with Gasteiger partial charge in [-0.1, -0.05) is 58.0 Å². The molecule has 0 fully saturated rings. The molecule has 2 aromatic carbocycles. The first-order valence-corrected chi connectivity index (χ1v) is 9.43. The molecule has 142 valence electrons. The third-order valence-corrected chi connectivity index (χ3v) is 4.38. The maximum atomic E-state index is 6.49. The van der Waals surface area contributed by atoms with Crippen molar-refractivity contribution in [1.29, 1.82) is 0 Å². The normalized spacial score (nSPS) is 11.3. The Morgan fingerprint density at radius 2 is 1.63 bits per heavy atom. The number of hydrogen-bond donors (Lipinski definition) is 2. The Morgan fingerprint density at radius 3 is 2.19 bits per heavy atom. The van der Waals surface area contributed by atoms with Crippen LogP contribution in [-0.2, 0) is 0 Å². The molecular weight excluding hydrogens is 336 g/mol. The number of rotatable bonds is 7. The van der Waals surface area contributed by atoms with Crippen LogP contribution in [0.4, 0.5) is 11.4 Å². The largest absolute Gasteiger partial charge is 0.397 e. The molecule has 6 heteroatoms. The second-order valence-electron chi connectivity index (χ2n) is 7.76. The third-order valence-electron chi connectivity index (χ3n) is 4.38. The first-order chi connectivity index (χ1) is 13.0. The van der Waals surface area contributed by atoms with Gasteiger partial charge in [-0.15, -0.1) is 5.10 Å². The topological polar surface area (TPSA) is 83.7 Å². The maximum Gasteiger partial charge on any atom is 0.180 e. The van der Waals surface area contributed by atoms with Gasteiger partial charge < -0.3 is 10.6 Å². The smallest absolute Gasteiger partial charge is 0.180 e. The number of H-pyrrole nitrogens is 1. The first-order valence-electron chi connectivity index (χ1n) is 9.43. The van der Waals surface area contributed by atoms with Crippen molar-refractivity contribution >= 4 is 11.4 Å². The average molecular weight is 364 g/mol. The molecule has 0 bridgehead atoms. The Hall–Kier alpha value is -2.89. The van der Waals surface area contributed by atoms with E-state index in [-0.39, 0.29) is 0 Å². The first kappa shape index (κ1) is 18.9. The summed E-state index contributed by atoms with van der Waals surface area (Å²) in [6.07, 6.45) is 0. The van der Waals surface area contributed by atoms with Gasteiger partial charge in [-0.3, -0.25) is 0 Å². The van der Waals surface area contributed by atoms with E-state index < -0.39 is 0 Å². The van der Waals surface area contributed by atoms with Gasteiger partial charge >= 0.3 is 0 Å². The van der Waals surface area contributed by atoms with Gasteiger partial charge in [-0.05, 0) is 45.5 Å². The van der Waals surface area contributed by atoms with Gasteiger partial charge in [-0.25, -0.2) is 5.10 Å². The van der Waals surface area contributed by atoms with Crippen molar-refractivity contribution in [3.63, 3.8) is 0 Å². The molecular formula is C21H28N6. The molecule has 0 aliphatic carbocycles. The van der Waals surface area contributed by atoms with E-state index in [9.17, 15) is 0 Å². The summed E-state index contributed by atoms with van der Waals surface area (Å²) < 4.78 is 0. The molecule has 1 heterocycles. The second-order valence-corrected chi connectivity index (χ2v) is 7.76.